The summed E-state index contributed by atoms with van der Waals surface area (Å²) in [6.07, 6.45) is 0. The summed E-state index contributed by atoms with van der Waals surface area (Å²) in [7, 11) is 0. The Morgan fingerprint density at radius 2 is 1.89 bits per heavy atom. The highest BCUT2D eigenvalue weighted by atomic mass is 79.9. The molecule has 0 fully saturated rings. The van der Waals surface area contributed by atoms with E-state index in [0.717, 1.165) is 5.69 Å². The van der Waals surface area contributed by atoms with Crippen molar-refractivity contribution in [3.8, 4) is 5.75 Å². The van der Waals surface area contributed by atoms with Crippen LogP contribution < -0.4 is 10.1 Å². The molecule has 0 atom stereocenters. The van der Waals surface area contributed by atoms with Gasteiger partial charge in [-0.25, -0.2) is 4.39 Å². The van der Waals surface area contributed by atoms with Crippen LogP contribution in [0.15, 0.2) is 53.0 Å². The molecule has 0 unspecified atom stereocenters. The third kappa shape index (κ3) is 4.04. The van der Waals surface area contributed by atoms with Gasteiger partial charge in [0.25, 0.3) is 0 Å². The molecule has 0 aliphatic carbocycles. The van der Waals surface area contributed by atoms with Crippen molar-refractivity contribution < 1.29 is 9.13 Å². The first kappa shape index (κ1) is 12.9. The third-order valence-corrected chi connectivity index (χ3v) is 2.77. The van der Waals surface area contributed by atoms with Crippen LogP contribution in [0.4, 0.5) is 10.1 Å². The van der Waals surface area contributed by atoms with Crippen molar-refractivity contribution in [1.29, 1.82) is 0 Å². The van der Waals surface area contributed by atoms with Crippen LogP contribution in [0.25, 0.3) is 0 Å². The normalized spacial score (nSPS) is 10.1. The molecule has 0 amide bonds. The monoisotopic (exact) mass is 309 g/mol. The van der Waals surface area contributed by atoms with Gasteiger partial charge in [-0.3, -0.25) is 0 Å². The highest BCUT2D eigenvalue weighted by Crippen LogP contribution is 2.20. The van der Waals surface area contributed by atoms with Gasteiger partial charge in [-0.05, 0) is 24.3 Å². The molecule has 2 aromatic rings. The Kier molecular flexibility index (Phi) is 4.59. The molecule has 0 saturated heterocycles. The fourth-order valence-electron chi connectivity index (χ4n) is 1.53. The topological polar surface area (TPSA) is 21.3 Å². The number of anilines is 1. The second-order valence-corrected chi connectivity index (χ2v) is 4.66. The number of para-hydroxylation sites is 1. The maximum Gasteiger partial charge on any atom is 0.128 e. The summed E-state index contributed by atoms with van der Waals surface area (Å²) in [6.45, 7) is 1.14. The maximum absolute atomic E-state index is 13.1. The zero-order valence-electron chi connectivity index (χ0n) is 9.70. The third-order valence-electron chi connectivity index (χ3n) is 2.31. The van der Waals surface area contributed by atoms with Gasteiger partial charge in [0.2, 0.25) is 0 Å². The molecule has 0 aliphatic heterocycles. The van der Waals surface area contributed by atoms with Crippen LogP contribution in [0.3, 0.4) is 0 Å². The van der Waals surface area contributed by atoms with Crippen molar-refractivity contribution in [2.45, 2.75) is 0 Å². The van der Waals surface area contributed by atoms with E-state index in [2.05, 4.69) is 21.2 Å². The van der Waals surface area contributed by atoms with Crippen molar-refractivity contribution in [3.05, 3.63) is 58.8 Å². The minimum Gasteiger partial charge on any atom is -0.492 e. The Morgan fingerprint density at radius 3 is 2.61 bits per heavy atom. The fraction of sp³-hybridized carbons (Fsp3) is 0.143. The fourth-order valence-corrected chi connectivity index (χ4v) is 1.98. The quantitative estimate of drug-likeness (QED) is 0.840. The standard InChI is InChI=1S/C14H13BrFNO/c15-11-8-12(16)10-14(9-11)18-7-6-17-13-4-2-1-3-5-13/h1-5,8-10,17H,6-7H2. The van der Waals surface area contributed by atoms with Gasteiger partial charge >= 0.3 is 0 Å². The maximum atomic E-state index is 13.1. The van der Waals surface area contributed by atoms with Gasteiger partial charge in [-0.2, -0.15) is 0 Å². The molecular weight excluding hydrogens is 297 g/mol. The Bertz CT molecular complexity index is 484. The van der Waals surface area contributed by atoms with E-state index < -0.39 is 0 Å². The molecule has 0 aromatic heterocycles. The Hall–Kier alpha value is -1.55. The second kappa shape index (κ2) is 6.40. The number of hydrogen-bond donors (Lipinski definition) is 1. The summed E-state index contributed by atoms with van der Waals surface area (Å²) in [5.74, 6) is 0.215. The second-order valence-electron chi connectivity index (χ2n) is 3.75. The summed E-state index contributed by atoms with van der Waals surface area (Å²) in [5.41, 5.74) is 1.04. The number of nitrogens with one attached hydrogen (secondary N) is 1. The molecule has 2 rings (SSSR count). The number of hydrogen-bond acceptors (Lipinski definition) is 2. The van der Waals surface area contributed by atoms with Gasteiger partial charge in [0, 0.05) is 22.8 Å². The lowest BCUT2D eigenvalue weighted by Gasteiger charge is -2.09. The predicted octanol–water partition coefficient (Wildman–Crippen LogP) is 4.08. The number of rotatable bonds is 5. The van der Waals surface area contributed by atoms with Crippen LogP contribution in [-0.4, -0.2) is 13.2 Å². The number of benzene rings is 2. The molecule has 2 aromatic carbocycles. The van der Waals surface area contributed by atoms with Crippen LogP contribution in [0.1, 0.15) is 0 Å². The van der Waals surface area contributed by atoms with Crippen molar-refractivity contribution >= 4 is 21.6 Å². The highest BCUT2D eigenvalue weighted by Gasteiger charge is 1.99. The van der Waals surface area contributed by atoms with Crippen molar-refractivity contribution in [3.63, 3.8) is 0 Å². The van der Waals surface area contributed by atoms with Crippen LogP contribution in [0.5, 0.6) is 5.75 Å². The Balaban J connectivity index is 1.78. The van der Waals surface area contributed by atoms with Crippen LogP contribution in [0.2, 0.25) is 0 Å². The Morgan fingerprint density at radius 1 is 1.11 bits per heavy atom. The lowest BCUT2D eigenvalue weighted by atomic mass is 10.3. The molecule has 0 saturated carbocycles. The lowest BCUT2D eigenvalue weighted by molar-refractivity contribution is 0.331. The largest absolute Gasteiger partial charge is 0.492 e. The molecule has 0 aliphatic rings. The lowest BCUT2D eigenvalue weighted by Crippen LogP contribution is -2.11. The molecular formula is C14H13BrFNO. The summed E-state index contributed by atoms with van der Waals surface area (Å²) < 4.78 is 19.2. The molecule has 0 spiro atoms. The molecule has 94 valence electrons. The first-order valence-electron chi connectivity index (χ1n) is 5.62. The van der Waals surface area contributed by atoms with Gasteiger partial charge in [0.15, 0.2) is 0 Å². The minimum atomic E-state index is -0.310. The van der Waals surface area contributed by atoms with Gasteiger partial charge in [0.1, 0.15) is 18.2 Å². The minimum absolute atomic E-state index is 0.310. The van der Waals surface area contributed by atoms with Gasteiger partial charge in [-0.15, -0.1) is 0 Å². The summed E-state index contributed by atoms with van der Waals surface area (Å²) in [5, 5.41) is 3.21. The van der Waals surface area contributed by atoms with E-state index in [4.69, 9.17) is 4.74 Å². The molecule has 1 N–H and O–H groups in total. The summed E-state index contributed by atoms with van der Waals surface area (Å²) in [6, 6.07) is 14.4. The first-order valence-corrected chi connectivity index (χ1v) is 6.41. The van der Waals surface area contributed by atoms with Crippen LogP contribution in [-0.2, 0) is 0 Å². The highest BCUT2D eigenvalue weighted by molar-refractivity contribution is 9.10. The molecule has 4 heteroatoms. The van der Waals surface area contributed by atoms with Crippen LogP contribution >= 0.6 is 15.9 Å². The average Bonchev–Trinajstić information content (AvgIpc) is 2.35. The zero-order chi connectivity index (χ0) is 12.8. The van der Waals surface area contributed by atoms with E-state index in [-0.39, 0.29) is 5.82 Å². The van der Waals surface area contributed by atoms with Crippen molar-refractivity contribution in [2.75, 3.05) is 18.5 Å². The first-order chi connectivity index (χ1) is 8.74. The summed E-state index contributed by atoms with van der Waals surface area (Å²) in [4.78, 5) is 0. The van der Waals surface area contributed by atoms with Gasteiger partial charge in [0.05, 0.1) is 0 Å². The van der Waals surface area contributed by atoms with E-state index in [1.807, 2.05) is 30.3 Å². The summed E-state index contributed by atoms with van der Waals surface area (Å²) >= 11 is 3.22. The van der Waals surface area contributed by atoms with Crippen molar-refractivity contribution in [2.24, 2.45) is 0 Å². The van der Waals surface area contributed by atoms with E-state index >= 15 is 0 Å². The molecule has 0 radical (unpaired) electrons. The number of halogens is 2. The van der Waals surface area contributed by atoms with E-state index in [1.54, 1.807) is 6.07 Å². The van der Waals surface area contributed by atoms with E-state index in [9.17, 15) is 4.39 Å². The molecule has 2 nitrogen and oxygen atoms in total. The molecule has 0 heterocycles. The van der Waals surface area contributed by atoms with Crippen molar-refractivity contribution in [1.82, 2.24) is 0 Å². The predicted molar refractivity (Wildman–Crippen MR) is 74.5 cm³/mol. The Labute approximate surface area is 114 Å². The van der Waals surface area contributed by atoms with Gasteiger partial charge in [-0.1, -0.05) is 34.1 Å². The van der Waals surface area contributed by atoms with Gasteiger partial charge < -0.3 is 10.1 Å². The van der Waals surface area contributed by atoms with E-state index in [0.29, 0.717) is 23.4 Å². The zero-order valence-corrected chi connectivity index (χ0v) is 11.3. The SMILES string of the molecule is Fc1cc(Br)cc(OCCNc2ccccc2)c1. The van der Waals surface area contributed by atoms with Crippen LogP contribution in [0, 0.1) is 5.82 Å². The van der Waals surface area contributed by atoms with E-state index in [1.165, 1.54) is 12.1 Å². The molecule has 0 bridgehead atoms. The average molecular weight is 310 g/mol. The smallest absolute Gasteiger partial charge is 0.128 e. The molecule has 18 heavy (non-hydrogen) atoms. The number of ether oxygens (including phenoxy) is 1.